The van der Waals surface area contributed by atoms with E-state index in [4.69, 9.17) is 5.11 Å². The molecule has 2 aromatic rings. The van der Waals surface area contributed by atoms with Crippen LogP contribution in [0.25, 0.3) is 0 Å². The lowest BCUT2D eigenvalue weighted by Gasteiger charge is -2.15. The van der Waals surface area contributed by atoms with Gasteiger partial charge in [-0.05, 0) is 38.0 Å². The van der Waals surface area contributed by atoms with Gasteiger partial charge in [-0.3, -0.25) is 9.59 Å². The number of benzene rings is 1. The molecule has 0 fully saturated rings. The summed E-state index contributed by atoms with van der Waals surface area (Å²) in [6.07, 6.45) is 0.395. The van der Waals surface area contributed by atoms with Crippen molar-refractivity contribution >= 4 is 17.3 Å². The van der Waals surface area contributed by atoms with Crippen LogP contribution >= 0.6 is 0 Å². The molecule has 0 spiro atoms. The van der Waals surface area contributed by atoms with Gasteiger partial charge < -0.3 is 15.7 Å². The Morgan fingerprint density at radius 3 is 2.56 bits per heavy atom. The number of aliphatic hydroxyl groups excluding tert-OH is 1. The molecule has 7 nitrogen and oxygen atoms in total. The van der Waals surface area contributed by atoms with Gasteiger partial charge in [-0.1, -0.05) is 19.9 Å². The number of aromatic nitrogens is 2. The van der Waals surface area contributed by atoms with Crippen molar-refractivity contribution in [3.63, 3.8) is 0 Å². The molecule has 3 N–H and O–H groups in total. The maximum atomic E-state index is 14.1. The van der Waals surface area contributed by atoms with E-state index in [0.717, 1.165) is 10.2 Å². The number of hydrogen-bond acceptors (Lipinski definition) is 5. The fraction of sp³-hybridized carbons (Fsp3) is 0.421. The van der Waals surface area contributed by atoms with Crippen LogP contribution in [0.15, 0.2) is 23.0 Å². The summed E-state index contributed by atoms with van der Waals surface area (Å²) in [6.45, 7) is 7.51. The van der Waals surface area contributed by atoms with E-state index in [0.29, 0.717) is 6.42 Å². The summed E-state index contributed by atoms with van der Waals surface area (Å²) in [6, 6.07) is 4.61. The topological polar surface area (TPSA) is 96.2 Å². The number of hydrogen-bond donors (Lipinski definition) is 3. The summed E-state index contributed by atoms with van der Waals surface area (Å²) in [5.41, 5.74) is 0.911. The molecule has 0 bridgehead atoms. The van der Waals surface area contributed by atoms with Gasteiger partial charge in [0.05, 0.1) is 11.4 Å². The van der Waals surface area contributed by atoms with Crippen LogP contribution in [-0.2, 0) is 7.05 Å². The molecule has 0 saturated heterocycles. The molecule has 0 atom stereocenters. The van der Waals surface area contributed by atoms with Gasteiger partial charge in [-0.15, -0.1) is 0 Å². The average molecular weight is 378 g/mol. The molecule has 27 heavy (non-hydrogen) atoms. The van der Waals surface area contributed by atoms with E-state index in [1.165, 1.54) is 19.2 Å². The third-order valence-corrected chi connectivity index (χ3v) is 3.70. The van der Waals surface area contributed by atoms with Gasteiger partial charge in [0.15, 0.2) is 5.69 Å². The number of anilines is 2. The third-order valence-electron chi connectivity index (χ3n) is 3.70. The largest absolute Gasteiger partial charge is 0.396 e. The first-order valence-corrected chi connectivity index (χ1v) is 8.85. The maximum Gasteiger partial charge on any atom is 0.273 e. The number of rotatable bonds is 6. The Balaban J connectivity index is 0.00000176. The molecule has 0 aliphatic rings. The van der Waals surface area contributed by atoms with E-state index in [1.54, 1.807) is 19.9 Å². The summed E-state index contributed by atoms with van der Waals surface area (Å²) in [7, 11) is 1.44. The number of aliphatic hydroxyl groups is 1. The number of amides is 1. The van der Waals surface area contributed by atoms with E-state index < -0.39 is 11.7 Å². The van der Waals surface area contributed by atoms with Crippen LogP contribution in [0.5, 0.6) is 0 Å². The normalized spacial score (nSPS) is 10.0. The highest BCUT2D eigenvalue weighted by Crippen LogP contribution is 2.24. The molecule has 148 valence electrons. The van der Waals surface area contributed by atoms with Crippen LogP contribution in [-0.4, -0.2) is 33.9 Å². The van der Waals surface area contributed by atoms with E-state index in [9.17, 15) is 14.0 Å². The van der Waals surface area contributed by atoms with Gasteiger partial charge in [-0.2, -0.15) is 5.10 Å². The van der Waals surface area contributed by atoms with Crippen molar-refractivity contribution in [1.29, 1.82) is 0 Å². The predicted molar refractivity (Wildman–Crippen MR) is 104 cm³/mol. The summed E-state index contributed by atoms with van der Waals surface area (Å²) in [5, 5.41) is 18.2. The second-order valence-corrected chi connectivity index (χ2v) is 5.72. The van der Waals surface area contributed by atoms with Gasteiger partial charge in [0.1, 0.15) is 5.82 Å². The van der Waals surface area contributed by atoms with Crippen LogP contribution in [0.2, 0.25) is 0 Å². The highest BCUT2D eigenvalue weighted by atomic mass is 19.1. The quantitative estimate of drug-likeness (QED) is 0.671. The Morgan fingerprint density at radius 2 is 1.96 bits per heavy atom. The summed E-state index contributed by atoms with van der Waals surface area (Å²) < 4.78 is 15.2. The van der Waals surface area contributed by atoms with Crippen molar-refractivity contribution in [1.82, 2.24) is 15.1 Å². The number of nitrogens with one attached hydrogen (secondary N) is 2. The van der Waals surface area contributed by atoms with Gasteiger partial charge in [-0.25, -0.2) is 9.07 Å². The maximum absolute atomic E-state index is 14.1. The first kappa shape index (κ1) is 22.3. The summed E-state index contributed by atoms with van der Waals surface area (Å²) in [4.78, 5) is 24.5. The van der Waals surface area contributed by atoms with Crippen LogP contribution < -0.4 is 16.2 Å². The van der Waals surface area contributed by atoms with Crippen LogP contribution in [0.3, 0.4) is 0 Å². The van der Waals surface area contributed by atoms with E-state index in [-0.39, 0.29) is 41.3 Å². The molecule has 1 aromatic carbocycles. The van der Waals surface area contributed by atoms with Gasteiger partial charge >= 0.3 is 0 Å². The molecular weight excluding hydrogens is 351 g/mol. The van der Waals surface area contributed by atoms with Crippen molar-refractivity contribution in [2.24, 2.45) is 7.05 Å². The highest BCUT2D eigenvalue weighted by molar-refractivity contribution is 5.98. The zero-order chi connectivity index (χ0) is 20.6. The number of aryl methyl sites for hydroxylation is 2. The van der Waals surface area contributed by atoms with Gasteiger partial charge in [0.2, 0.25) is 0 Å². The van der Waals surface area contributed by atoms with Crippen LogP contribution in [0.4, 0.5) is 15.8 Å². The van der Waals surface area contributed by atoms with Gasteiger partial charge in [0, 0.05) is 25.8 Å². The molecule has 0 aliphatic carbocycles. The molecule has 2 rings (SSSR count). The predicted octanol–water partition coefficient (Wildman–Crippen LogP) is 2.42. The molecule has 1 aromatic heterocycles. The molecule has 1 heterocycles. The lowest BCUT2D eigenvalue weighted by molar-refractivity contribution is 0.0944. The number of halogens is 1. The lowest BCUT2D eigenvalue weighted by atomic mass is 10.1. The first-order chi connectivity index (χ1) is 12.8. The molecule has 0 aliphatic heterocycles. The van der Waals surface area contributed by atoms with E-state index in [2.05, 4.69) is 15.7 Å². The van der Waals surface area contributed by atoms with Crippen molar-refractivity contribution in [2.75, 3.05) is 18.5 Å². The Morgan fingerprint density at radius 1 is 1.30 bits per heavy atom. The Kier molecular flexibility index (Phi) is 8.61. The summed E-state index contributed by atoms with van der Waals surface area (Å²) >= 11 is 0. The minimum Gasteiger partial charge on any atom is -0.396 e. The van der Waals surface area contributed by atoms with Gasteiger partial charge in [0.25, 0.3) is 11.5 Å². The second-order valence-electron chi connectivity index (χ2n) is 5.72. The summed E-state index contributed by atoms with van der Waals surface area (Å²) in [5.74, 6) is -1.01. The molecule has 0 radical (unpaired) electrons. The lowest BCUT2D eigenvalue weighted by Crippen LogP contribution is -2.32. The minimum atomic E-state index is -0.512. The zero-order valence-electron chi connectivity index (χ0n) is 16.4. The van der Waals surface area contributed by atoms with Crippen molar-refractivity contribution in [3.05, 3.63) is 51.2 Å². The zero-order valence-corrected chi connectivity index (χ0v) is 16.4. The molecule has 0 unspecified atom stereocenters. The van der Waals surface area contributed by atoms with Crippen LogP contribution in [0, 0.1) is 19.7 Å². The number of carbonyl (C=O) groups excluding carboxylic acids is 1. The monoisotopic (exact) mass is 378 g/mol. The SMILES string of the molecule is CC.Cc1ccc(Nc2c(C(=O)NCCCO)nn(C)c(=O)c2C)c(F)c1. The van der Waals surface area contributed by atoms with E-state index in [1.807, 2.05) is 13.8 Å². The second kappa shape index (κ2) is 10.4. The smallest absolute Gasteiger partial charge is 0.273 e. The molecule has 0 saturated carbocycles. The standard InChI is InChI=1S/C17H21FN4O3.C2H6/c1-10-5-6-13(12(18)9-10)20-14-11(2)17(25)22(3)21-15(14)16(24)19-7-4-8-23;1-2/h5-6,9,20,23H,4,7-8H2,1-3H3,(H,19,24);1-2H3. The molecule has 1 amide bonds. The van der Waals surface area contributed by atoms with Crippen LogP contribution in [0.1, 0.15) is 41.9 Å². The minimum absolute atomic E-state index is 0.0162. The highest BCUT2D eigenvalue weighted by Gasteiger charge is 2.20. The van der Waals surface area contributed by atoms with Crippen molar-refractivity contribution in [3.8, 4) is 0 Å². The number of nitrogens with zero attached hydrogens (tertiary/aromatic N) is 2. The fourth-order valence-corrected chi connectivity index (χ4v) is 2.31. The van der Waals surface area contributed by atoms with E-state index >= 15 is 0 Å². The fourth-order valence-electron chi connectivity index (χ4n) is 2.31. The molecular formula is C19H27FN4O3. The van der Waals surface area contributed by atoms with Crippen molar-refractivity contribution in [2.45, 2.75) is 34.1 Å². The Bertz CT molecular complexity index is 850. The van der Waals surface area contributed by atoms with Crippen molar-refractivity contribution < 1.29 is 14.3 Å². The number of carbonyl (C=O) groups is 1. The Labute approximate surface area is 158 Å². The third kappa shape index (κ3) is 5.62. The Hall–Kier alpha value is -2.74. The molecule has 8 heteroatoms. The first-order valence-electron chi connectivity index (χ1n) is 8.85. The average Bonchev–Trinajstić information content (AvgIpc) is 2.65.